The highest BCUT2D eigenvalue weighted by Gasteiger charge is 2.00. The van der Waals surface area contributed by atoms with Gasteiger partial charge in [0.1, 0.15) is 0 Å². The van der Waals surface area contributed by atoms with Crippen molar-refractivity contribution in [2.45, 2.75) is 6.42 Å². The molecule has 0 unspecified atom stereocenters. The third-order valence-electron chi connectivity index (χ3n) is 2.10. The Morgan fingerprint density at radius 2 is 2.06 bits per heavy atom. The first-order chi connectivity index (χ1) is 8.25. The average Bonchev–Trinajstić information content (AvgIpc) is 2.83. The van der Waals surface area contributed by atoms with E-state index in [1.165, 1.54) is 0 Å². The Morgan fingerprint density at radius 1 is 1.29 bits per heavy atom. The number of amides is 1. The highest BCUT2D eigenvalue weighted by molar-refractivity contribution is 5.76. The van der Waals surface area contributed by atoms with Crippen molar-refractivity contribution in [3.63, 3.8) is 0 Å². The van der Waals surface area contributed by atoms with Gasteiger partial charge in [0.2, 0.25) is 5.91 Å². The van der Waals surface area contributed by atoms with Crippen LogP contribution in [0.3, 0.4) is 0 Å². The summed E-state index contributed by atoms with van der Waals surface area (Å²) in [6, 6.07) is 9.26. The normalized spacial score (nSPS) is 9.41. The minimum Gasteiger partial charge on any atom is -0.369 e. The number of carbonyl (C=O) groups excluding carboxylic acids is 1. The summed E-state index contributed by atoms with van der Waals surface area (Å²) in [6.45, 7) is 0. The Labute approximate surface area is 98.4 Å². The van der Waals surface area contributed by atoms with Crippen molar-refractivity contribution < 1.29 is 9.32 Å². The molecule has 1 aromatic heterocycles. The molecule has 84 valence electrons. The lowest BCUT2D eigenvalue weighted by molar-refractivity contribution is -0.117. The molecule has 2 N–H and O–H groups in total. The number of carbonyl (C=O) groups is 1. The van der Waals surface area contributed by atoms with Crippen LogP contribution >= 0.6 is 0 Å². The number of nitrogens with two attached hydrogens (primary N) is 1. The Hall–Kier alpha value is -2.54. The van der Waals surface area contributed by atoms with E-state index < -0.39 is 5.91 Å². The van der Waals surface area contributed by atoms with Gasteiger partial charge in [-0.3, -0.25) is 4.79 Å². The fraction of sp³-hybridized carbons (Fsp3) is 0.0769. The Morgan fingerprint density at radius 3 is 2.65 bits per heavy atom. The second-order valence-electron chi connectivity index (χ2n) is 3.40. The zero-order chi connectivity index (χ0) is 12.1. The van der Waals surface area contributed by atoms with Crippen LogP contribution in [0.15, 0.2) is 41.1 Å². The van der Waals surface area contributed by atoms with Crippen LogP contribution in [0.5, 0.6) is 0 Å². The monoisotopic (exact) mass is 226 g/mol. The van der Waals surface area contributed by atoms with Crippen molar-refractivity contribution in [2.24, 2.45) is 5.73 Å². The van der Waals surface area contributed by atoms with Crippen LogP contribution < -0.4 is 5.73 Å². The SMILES string of the molecule is NC(=O)CC#Cc1ccc(-c2ccno2)cc1. The molecule has 0 atom stereocenters. The lowest BCUT2D eigenvalue weighted by Gasteiger charge is -1.95. The average molecular weight is 226 g/mol. The zero-order valence-electron chi connectivity index (χ0n) is 9.01. The van der Waals surface area contributed by atoms with Crippen molar-refractivity contribution in [3.8, 4) is 23.2 Å². The molecule has 4 heteroatoms. The van der Waals surface area contributed by atoms with E-state index in [1.54, 1.807) is 12.3 Å². The van der Waals surface area contributed by atoms with Crippen LogP contribution in [0.4, 0.5) is 0 Å². The fourth-order valence-electron chi connectivity index (χ4n) is 1.32. The number of hydrogen-bond donors (Lipinski definition) is 1. The van der Waals surface area contributed by atoms with E-state index >= 15 is 0 Å². The molecule has 0 aliphatic rings. The van der Waals surface area contributed by atoms with Crippen molar-refractivity contribution in [3.05, 3.63) is 42.1 Å². The van der Waals surface area contributed by atoms with Gasteiger partial charge in [0.05, 0.1) is 12.6 Å². The molecule has 2 rings (SSSR count). The van der Waals surface area contributed by atoms with Gasteiger partial charge in [-0.25, -0.2) is 0 Å². The van der Waals surface area contributed by atoms with Gasteiger partial charge < -0.3 is 10.3 Å². The second-order valence-corrected chi connectivity index (χ2v) is 3.40. The molecule has 0 bridgehead atoms. The van der Waals surface area contributed by atoms with E-state index in [-0.39, 0.29) is 6.42 Å². The van der Waals surface area contributed by atoms with E-state index in [9.17, 15) is 4.79 Å². The van der Waals surface area contributed by atoms with Crippen molar-refractivity contribution in [1.29, 1.82) is 0 Å². The summed E-state index contributed by atoms with van der Waals surface area (Å²) in [5, 5.41) is 3.64. The molecule has 1 heterocycles. The molecule has 1 amide bonds. The predicted octanol–water partition coefficient (Wildman–Crippen LogP) is 1.57. The van der Waals surface area contributed by atoms with Gasteiger partial charge in [-0.05, 0) is 24.3 Å². The van der Waals surface area contributed by atoms with Crippen LogP contribution in [-0.4, -0.2) is 11.1 Å². The van der Waals surface area contributed by atoms with Crippen LogP contribution in [0.1, 0.15) is 12.0 Å². The quantitative estimate of drug-likeness (QED) is 0.790. The van der Waals surface area contributed by atoms with Crippen molar-refractivity contribution >= 4 is 5.91 Å². The summed E-state index contributed by atoms with van der Waals surface area (Å²) in [6.07, 6.45) is 1.67. The Balaban J connectivity index is 2.13. The molecule has 17 heavy (non-hydrogen) atoms. The van der Waals surface area contributed by atoms with Gasteiger partial charge >= 0.3 is 0 Å². The summed E-state index contributed by atoms with van der Waals surface area (Å²) in [4.78, 5) is 10.5. The van der Waals surface area contributed by atoms with Crippen LogP contribution in [-0.2, 0) is 4.79 Å². The maximum Gasteiger partial charge on any atom is 0.229 e. The minimum absolute atomic E-state index is 0.0733. The van der Waals surface area contributed by atoms with Gasteiger partial charge in [-0.1, -0.05) is 17.0 Å². The number of hydrogen-bond acceptors (Lipinski definition) is 3. The molecular weight excluding hydrogens is 216 g/mol. The lowest BCUT2D eigenvalue weighted by Crippen LogP contribution is -2.08. The van der Waals surface area contributed by atoms with Gasteiger partial charge in [-0.15, -0.1) is 0 Å². The molecule has 0 fully saturated rings. The highest BCUT2D eigenvalue weighted by Crippen LogP contribution is 2.18. The van der Waals surface area contributed by atoms with Crippen LogP contribution in [0, 0.1) is 11.8 Å². The first kappa shape index (κ1) is 11.0. The molecule has 4 nitrogen and oxygen atoms in total. The Bertz CT molecular complexity index is 560. The number of nitrogens with zero attached hydrogens (tertiary/aromatic N) is 1. The molecule has 2 aromatic rings. The molecule has 0 saturated heterocycles. The van der Waals surface area contributed by atoms with Crippen molar-refractivity contribution in [1.82, 2.24) is 5.16 Å². The standard InChI is InChI=1S/C13H10N2O2/c14-13(16)3-1-2-10-4-6-11(7-5-10)12-8-9-15-17-12/h4-9H,3H2,(H2,14,16). The molecule has 0 aliphatic carbocycles. The van der Waals surface area contributed by atoms with E-state index in [2.05, 4.69) is 17.0 Å². The topological polar surface area (TPSA) is 69.1 Å². The summed E-state index contributed by atoms with van der Waals surface area (Å²) in [5.74, 6) is 5.84. The van der Waals surface area contributed by atoms with E-state index in [0.717, 1.165) is 11.1 Å². The number of rotatable bonds is 2. The van der Waals surface area contributed by atoms with Gasteiger partial charge in [0.25, 0.3) is 0 Å². The van der Waals surface area contributed by atoms with Gasteiger partial charge in [0.15, 0.2) is 5.76 Å². The molecule has 1 aromatic carbocycles. The largest absolute Gasteiger partial charge is 0.369 e. The van der Waals surface area contributed by atoms with Gasteiger partial charge in [-0.2, -0.15) is 0 Å². The van der Waals surface area contributed by atoms with Crippen LogP contribution in [0.2, 0.25) is 0 Å². The third kappa shape index (κ3) is 2.95. The highest BCUT2D eigenvalue weighted by atomic mass is 16.5. The first-order valence-electron chi connectivity index (χ1n) is 5.04. The molecular formula is C13H10N2O2. The van der Waals surface area contributed by atoms with Crippen molar-refractivity contribution in [2.75, 3.05) is 0 Å². The third-order valence-corrected chi connectivity index (χ3v) is 2.10. The maximum absolute atomic E-state index is 10.5. The minimum atomic E-state index is -0.421. The summed E-state index contributed by atoms with van der Waals surface area (Å²) in [7, 11) is 0. The van der Waals surface area contributed by atoms with E-state index in [0.29, 0.717) is 5.76 Å². The summed E-state index contributed by atoms with van der Waals surface area (Å²) >= 11 is 0. The number of aromatic nitrogens is 1. The number of primary amides is 1. The molecule has 0 aliphatic heterocycles. The predicted molar refractivity (Wildman–Crippen MR) is 62.6 cm³/mol. The smallest absolute Gasteiger partial charge is 0.229 e. The fourth-order valence-corrected chi connectivity index (χ4v) is 1.32. The molecule has 0 spiro atoms. The lowest BCUT2D eigenvalue weighted by atomic mass is 10.1. The van der Waals surface area contributed by atoms with E-state index in [1.807, 2.05) is 24.3 Å². The first-order valence-corrected chi connectivity index (χ1v) is 5.04. The molecule has 0 radical (unpaired) electrons. The zero-order valence-corrected chi connectivity index (χ0v) is 9.01. The number of benzene rings is 1. The summed E-state index contributed by atoms with van der Waals surface area (Å²) in [5.41, 5.74) is 6.75. The second kappa shape index (κ2) is 4.99. The van der Waals surface area contributed by atoms with E-state index in [4.69, 9.17) is 10.3 Å². The van der Waals surface area contributed by atoms with Gasteiger partial charge in [0, 0.05) is 17.2 Å². The maximum atomic E-state index is 10.5. The Kier molecular flexibility index (Phi) is 3.22. The van der Waals surface area contributed by atoms with Crippen LogP contribution in [0.25, 0.3) is 11.3 Å². The summed E-state index contributed by atoms with van der Waals surface area (Å²) < 4.78 is 5.02. The molecule has 0 saturated carbocycles.